The Labute approximate surface area is 79.5 Å². The first kappa shape index (κ1) is 9.92. The zero-order chi connectivity index (χ0) is 9.84. The van der Waals surface area contributed by atoms with Crippen molar-refractivity contribution in [3.8, 4) is 0 Å². The molecule has 70 valence electrons. The summed E-state index contributed by atoms with van der Waals surface area (Å²) in [5.74, 6) is -1.07. The molecular weight excluding hydrogens is 197 g/mol. The highest BCUT2D eigenvalue weighted by Gasteiger charge is 2.09. The summed E-state index contributed by atoms with van der Waals surface area (Å²) in [4.78, 5) is 14.3. The number of carbonyl (C=O) groups is 1. The molecule has 0 aliphatic rings. The molecule has 0 radical (unpaired) electrons. The molecule has 0 fully saturated rings. The van der Waals surface area contributed by atoms with E-state index in [2.05, 4.69) is 9.72 Å². The third-order valence-corrected chi connectivity index (χ3v) is 1.67. The minimum absolute atomic E-state index is 0.134. The van der Waals surface area contributed by atoms with Crippen LogP contribution in [0.25, 0.3) is 0 Å². The van der Waals surface area contributed by atoms with Crippen LogP contribution in [0, 0.1) is 5.82 Å². The molecule has 0 amide bonds. The van der Waals surface area contributed by atoms with Crippen LogP contribution in [0.5, 0.6) is 0 Å². The van der Waals surface area contributed by atoms with Crippen molar-refractivity contribution in [1.82, 2.24) is 4.98 Å². The zero-order valence-corrected chi connectivity index (χ0v) is 7.64. The smallest absolute Gasteiger partial charge is 0.310 e. The third-order valence-electron chi connectivity index (χ3n) is 1.46. The van der Waals surface area contributed by atoms with Crippen LogP contribution in [0.3, 0.4) is 0 Å². The van der Waals surface area contributed by atoms with E-state index >= 15 is 0 Å². The molecule has 0 aromatic carbocycles. The number of ether oxygens (including phenoxy) is 1. The minimum atomic E-state index is -0.560. The van der Waals surface area contributed by atoms with E-state index in [9.17, 15) is 9.18 Å². The lowest BCUT2D eigenvalue weighted by atomic mass is 10.2. The predicted octanol–water partition coefficient (Wildman–Crippen LogP) is 1.59. The van der Waals surface area contributed by atoms with Gasteiger partial charge in [0.25, 0.3) is 0 Å². The summed E-state index contributed by atoms with van der Waals surface area (Å²) >= 11 is 5.51. The number of aromatic nitrogens is 1. The molecule has 13 heavy (non-hydrogen) atoms. The first-order valence-electron chi connectivity index (χ1n) is 3.50. The Bertz CT molecular complexity index is 330. The number of methoxy groups -OCH3 is 1. The van der Waals surface area contributed by atoms with E-state index in [1.54, 1.807) is 0 Å². The Morgan fingerprint density at radius 1 is 1.77 bits per heavy atom. The lowest BCUT2D eigenvalue weighted by molar-refractivity contribution is -0.139. The van der Waals surface area contributed by atoms with Crippen LogP contribution in [-0.4, -0.2) is 18.1 Å². The molecule has 0 bridgehead atoms. The maximum absolute atomic E-state index is 12.9. The van der Waals surface area contributed by atoms with Gasteiger partial charge in [0.05, 0.1) is 19.7 Å². The van der Waals surface area contributed by atoms with Crippen molar-refractivity contribution in [1.29, 1.82) is 0 Å². The summed E-state index contributed by atoms with van der Waals surface area (Å²) < 4.78 is 17.3. The number of hydrogen-bond acceptors (Lipinski definition) is 3. The molecule has 0 N–H and O–H groups in total. The van der Waals surface area contributed by atoms with Gasteiger partial charge in [-0.2, -0.15) is 0 Å². The summed E-state index contributed by atoms with van der Waals surface area (Å²) in [6, 6.07) is 1.30. The molecule has 0 saturated heterocycles. The lowest BCUT2D eigenvalue weighted by Gasteiger charge is -2.01. The van der Waals surface area contributed by atoms with Crippen molar-refractivity contribution in [2.24, 2.45) is 0 Å². The van der Waals surface area contributed by atoms with Gasteiger partial charge in [-0.05, 0) is 6.07 Å². The summed E-state index contributed by atoms with van der Waals surface area (Å²) in [5, 5.41) is 0.153. The number of esters is 1. The van der Waals surface area contributed by atoms with Gasteiger partial charge in [0.1, 0.15) is 11.0 Å². The third kappa shape index (κ3) is 2.66. The van der Waals surface area contributed by atoms with Crippen LogP contribution >= 0.6 is 11.6 Å². The minimum Gasteiger partial charge on any atom is -0.469 e. The van der Waals surface area contributed by atoms with E-state index in [0.29, 0.717) is 0 Å². The van der Waals surface area contributed by atoms with Crippen molar-refractivity contribution in [3.05, 3.63) is 28.8 Å². The first-order chi connectivity index (χ1) is 6.13. The zero-order valence-electron chi connectivity index (χ0n) is 6.88. The van der Waals surface area contributed by atoms with Crippen LogP contribution in [0.4, 0.5) is 4.39 Å². The van der Waals surface area contributed by atoms with Crippen molar-refractivity contribution >= 4 is 17.6 Å². The van der Waals surface area contributed by atoms with Crippen molar-refractivity contribution in [2.45, 2.75) is 6.42 Å². The quantitative estimate of drug-likeness (QED) is 0.541. The molecule has 0 unspecified atom stereocenters. The van der Waals surface area contributed by atoms with Gasteiger partial charge in [-0.3, -0.25) is 4.79 Å². The largest absolute Gasteiger partial charge is 0.469 e. The van der Waals surface area contributed by atoms with E-state index in [0.717, 1.165) is 6.20 Å². The average molecular weight is 204 g/mol. The van der Waals surface area contributed by atoms with E-state index in [-0.39, 0.29) is 17.1 Å². The Hall–Kier alpha value is -1.16. The number of rotatable bonds is 2. The van der Waals surface area contributed by atoms with Gasteiger partial charge in [-0.15, -0.1) is 0 Å². The maximum atomic E-state index is 12.9. The van der Waals surface area contributed by atoms with E-state index < -0.39 is 11.8 Å². The molecule has 0 atom stereocenters. The molecule has 1 aromatic rings. The standard InChI is InChI=1S/C8H7ClFNO2/c1-13-8(12)3-5-2-7(9)11-4-6(5)10/h2,4H,3H2,1H3. The van der Waals surface area contributed by atoms with Crippen LogP contribution in [0.1, 0.15) is 5.56 Å². The second-order valence-electron chi connectivity index (χ2n) is 2.35. The highest BCUT2D eigenvalue weighted by molar-refractivity contribution is 6.29. The Morgan fingerprint density at radius 3 is 3.08 bits per heavy atom. The molecule has 5 heteroatoms. The summed E-state index contributed by atoms with van der Waals surface area (Å²) in [7, 11) is 1.24. The van der Waals surface area contributed by atoms with Crippen LogP contribution in [-0.2, 0) is 16.0 Å². The number of nitrogens with zero attached hydrogens (tertiary/aromatic N) is 1. The molecule has 0 aliphatic carbocycles. The summed E-state index contributed by atoms with van der Waals surface area (Å²) in [5.41, 5.74) is 0.187. The van der Waals surface area contributed by atoms with E-state index in [1.807, 2.05) is 0 Å². The second-order valence-corrected chi connectivity index (χ2v) is 2.74. The topological polar surface area (TPSA) is 39.2 Å². The van der Waals surface area contributed by atoms with E-state index in [4.69, 9.17) is 11.6 Å². The van der Waals surface area contributed by atoms with E-state index in [1.165, 1.54) is 13.2 Å². The molecular formula is C8H7ClFNO2. The van der Waals surface area contributed by atoms with Gasteiger partial charge in [-0.1, -0.05) is 11.6 Å². The van der Waals surface area contributed by atoms with Crippen molar-refractivity contribution in [3.63, 3.8) is 0 Å². The molecule has 0 saturated carbocycles. The van der Waals surface area contributed by atoms with Gasteiger partial charge >= 0.3 is 5.97 Å². The highest BCUT2D eigenvalue weighted by atomic mass is 35.5. The maximum Gasteiger partial charge on any atom is 0.310 e. The van der Waals surface area contributed by atoms with Gasteiger partial charge < -0.3 is 4.74 Å². The fourth-order valence-electron chi connectivity index (χ4n) is 0.814. The fourth-order valence-corrected chi connectivity index (χ4v) is 0.995. The number of pyridine rings is 1. The van der Waals surface area contributed by atoms with Gasteiger partial charge in [0, 0.05) is 5.56 Å². The van der Waals surface area contributed by atoms with Crippen LogP contribution in [0.15, 0.2) is 12.3 Å². The molecule has 3 nitrogen and oxygen atoms in total. The first-order valence-corrected chi connectivity index (χ1v) is 3.88. The average Bonchev–Trinajstić information content (AvgIpc) is 2.11. The normalized spacial score (nSPS) is 9.77. The van der Waals surface area contributed by atoms with Crippen LogP contribution < -0.4 is 0 Å². The predicted molar refractivity (Wildman–Crippen MR) is 44.9 cm³/mol. The Morgan fingerprint density at radius 2 is 2.46 bits per heavy atom. The molecule has 0 spiro atoms. The van der Waals surface area contributed by atoms with Crippen LogP contribution in [0.2, 0.25) is 5.15 Å². The Kier molecular flexibility index (Phi) is 3.19. The lowest BCUT2D eigenvalue weighted by Crippen LogP contribution is -2.06. The monoisotopic (exact) mass is 203 g/mol. The van der Waals surface area contributed by atoms with Gasteiger partial charge in [0.2, 0.25) is 0 Å². The fraction of sp³-hybridized carbons (Fsp3) is 0.250. The summed E-state index contributed by atoms with van der Waals surface area (Å²) in [6.07, 6.45) is 0.838. The number of carbonyl (C=O) groups excluding carboxylic acids is 1. The molecule has 0 aliphatic heterocycles. The van der Waals surface area contributed by atoms with Gasteiger partial charge in [0.15, 0.2) is 0 Å². The molecule has 1 aromatic heterocycles. The number of hydrogen-bond donors (Lipinski definition) is 0. The SMILES string of the molecule is COC(=O)Cc1cc(Cl)ncc1F. The Balaban J connectivity index is 2.87. The number of halogens is 2. The molecule has 1 heterocycles. The van der Waals surface area contributed by atoms with Crippen molar-refractivity contribution < 1.29 is 13.9 Å². The van der Waals surface area contributed by atoms with Gasteiger partial charge in [-0.25, -0.2) is 9.37 Å². The van der Waals surface area contributed by atoms with Crippen molar-refractivity contribution in [2.75, 3.05) is 7.11 Å². The highest BCUT2D eigenvalue weighted by Crippen LogP contribution is 2.12. The second kappa shape index (κ2) is 4.18. The molecule has 1 rings (SSSR count). The summed E-state index contributed by atoms with van der Waals surface area (Å²) in [6.45, 7) is 0.